The molecule has 25 heavy (non-hydrogen) atoms. The van der Waals surface area contributed by atoms with E-state index < -0.39 is 10.0 Å². The molecule has 0 saturated carbocycles. The van der Waals surface area contributed by atoms with Crippen molar-refractivity contribution in [1.82, 2.24) is 19.4 Å². The summed E-state index contributed by atoms with van der Waals surface area (Å²) in [5.74, 6) is 0.0952. The number of benzene rings is 1. The molecule has 0 radical (unpaired) electrons. The quantitative estimate of drug-likeness (QED) is 0.853. The molecule has 0 fully saturated rings. The number of aryl methyl sites for hydroxylation is 2. The summed E-state index contributed by atoms with van der Waals surface area (Å²) in [4.78, 5) is 2.36. The Labute approximate surface area is 149 Å². The van der Waals surface area contributed by atoms with Crippen molar-refractivity contribution >= 4 is 10.0 Å². The van der Waals surface area contributed by atoms with Crippen LogP contribution in [0.1, 0.15) is 35.3 Å². The second-order valence-corrected chi connectivity index (χ2v) is 8.93. The van der Waals surface area contributed by atoms with E-state index in [4.69, 9.17) is 0 Å². The van der Waals surface area contributed by atoms with E-state index in [0.29, 0.717) is 6.54 Å². The van der Waals surface area contributed by atoms with Crippen LogP contribution >= 0.6 is 0 Å². The van der Waals surface area contributed by atoms with Crippen LogP contribution in [0.15, 0.2) is 30.5 Å². The third-order valence-electron chi connectivity index (χ3n) is 4.56. The van der Waals surface area contributed by atoms with Crippen LogP contribution in [0.4, 0.5) is 0 Å². The lowest BCUT2D eigenvalue weighted by atomic mass is 10.1. The molecule has 1 unspecified atom stereocenters. The molecule has 1 aliphatic heterocycles. The molecule has 7 heteroatoms. The van der Waals surface area contributed by atoms with Crippen molar-refractivity contribution in [2.24, 2.45) is 0 Å². The van der Waals surface area contributed by atoms with Crippen LogP contribution in [0.3, 0.4) is 0 Å². The first-order chi connectivity index (χ1) is 11.9. The number of hydrogen-bond donors (Lipinski definition) is 1. The molecular formula is C18H26N4O2S. The lowest BCUT2D eigenvalue weighted by Crippen LogP contribution is -2.42. The fourth-order valence-electron chi connectivity index (χ4n) is 3.48. The van der Waals surface area contributed by atoms with Crippen molar-refractivity contribution in [2.45, 2.75) is 39.9 Å². The monoisotopic (exact) mass is 362 g/mol. The first kappa shape index (κ1) is 18.1. The van der Waals surface area contributed by atoms with Crippen molar-refractivity contribution in [3.05, 3.63) is 52.8 Å². The van der Waals surface area contributed by atoms with Crippen molar-refractivity contribution < 1.29 is 8.42 Å². The topological polar surface area (TPSA) is 67.2 Å². The van der Waals surface area contributed by atoms with Gasteiger partial charge in [0.05, 0.1) is 17.5 Å². The molecule has 1 atom stereocenters. The zero-order chi connectivity index (χ0) is 18.0. The Morgan fingerprint density at radius 3 is 2.64 bits per heavy atom. The molecule has 0 amide bonds. The van der Waals surface area contributed by atoms with E-state index in [-0.39, 0.29) is 11.8 Å². The van der Waals surface area contributed by atoms with Crippen LogP contribution in [0.5, 0.6) is 0 Å². The van der Waals surface area contributed by atoms with Gasteiger partial charge in [0, 0.05) is 32.4 Å². The highest BCUT2D eigenvalue weighted by Gasteiger charge is 2.26. The number of nitrogens with one attached hydrogen (secondary N) is 1. The van der Waals surface area contributed by atoms with Gasteiger partial charge in [-0.25, -0.2) is 13.1 Å². The highest BCUT2D eigenvalue weighted by molar-refractivity contribution is 7.89. The molecule has 1 N–H and O–H groups in total. The lowest BCUT2D eigenvalue weighted by molar-refractivity contribution is 0.168. The van der Waals surface area contributed by atoms with Crippen LogP contribution in [0.25, 0.3) is 0 Å². The van der Waals surface area contributed by atoms with Crippen LogP contribution in [0, 0.1) is 13.8 Å². The lowest BCUT2D eigenvalue weighted by Gasteiger charge is -2.34. The number of fused-ring (bicyclic) bond motifs is 1. The summed E-state index contributed by atoms with van der Waals surface area (Å²) in [6.45, 7) is 8.69. The number of rotatable bonds is 6. The van der Waals surface area contributed by atoms with Crippen molar-refractivity contribution in [2.75, 3.05) is 18.8 Å². The van der Waals surface area contributed by atoms with E-state index >= 15 is 0 Å². The zero-order valence-electron chi connectivity index (χ0n) is 15.1. The number of aromatic nitrogens is 2. The normalized spacial score (nSPS) is 18.3. The summed E-state index contributed by atoms with van der Waals surface area (Å²) in [5, 5.41) is 4.39. The van der Waals surface area contributed by atoms with Crippen LogP contribution in [-0.2, 0) is 23.1 Å². The number of nitrogens with zero attached hydrogens (tertiary/aromatic N) is 3. The predicted molar refractivity (Wildman–Crippen MR) is 98.8 cm³/mol. The fourth-order valence-corrected chi connectivity index (χ4v) is 4.13. The summed E-state index contributed by atoms with van der Waals surface area (Å²) < 4.78 is 28.2. The minimum Gasteiger partial charge on any atom is -0.291 e. The molecule has 2 aromatic rings. The van der Waals surface area contributed by atoms with Crippen molar-refractivity contribution in [3.63, 3.8) is 0 Å². The molecule has 0 saturated heterocycles. The van der Waals surface area contributed by atoms with Crippen LogP contribution < -0.4 is 4.72 Å². The first-order valence-electron chi connectivity index (χ1n) is 8.65. The van der Waals surface area contributed by atoms with Gasteiger partial charge >= 0.3 is 0 Å². The van der Waals surface area contributed by atoms with E-state index in [0.717, 1.165) is 25.3 Å². The maximum atomic E-state index is 11.8. The molecule has 136 valence electrons. The van der Waals surface area contributed by atoms with Gasteiger partial charge in [0.2, 0.25) is 10.0 Å². The minimum atomic E-state index is -3.20. The molecule has 2 heterocycles. The van der Waals surface area contributed by atoms with Gasteiger partial charge < -0.3 is 0 Å². The zero-order valence-corrected chi connectivity index (χ0v) is 15.9. The Bertz CT molecular complexity index is 824. The Morgan fingerprint density at radius 2 is 1.96 bits per heavy atom. The molecule has 1 aromatic carbocycles. The molecule has 1 aromatic heterocycles. The van der Waals surface area contributed by atoms with E-state index in [1.54, 1.807) is 13.1 Å². The molecular weight excluding hydrogens is 336 g/mol. The van der Waals surface area contributed by atoms with Gasteiger partial charge in [-0.3, -0.25) is 9.58 Å². The summed E-state index contributed by atoms with van der Waals surface area (Å²) in [6.07, 6.45) is 1.79. The predicted octanol–water partition coefficient (Wildman–Crippen LogP) is 2.00. The smallest absolute Gasteiger partial charge is 0.211 e. The highest BCUT2D eigenvalue weighted by Crippen LogP contribution is 2.22. The standard InChI is InChI=1S/C18H26N4O2S/c1-4-25(23,24)20-10-18-13-21(12-17-5-6-19-22(17)18)11-16-8-14(2)7-15(3)9-16/h5-9,18,20H,4,10-13H2,1-3H3. The molecule has 0 spiro atoms. The van der Waals surface area contributed by atoms with Gasteiger partial charge in [-0.05, 0) is 32.4 Å². The second kappa shape index (κ2) is 7.27. The van der Waals surface area contributed by atoms with Gasteiger partial charge in [-0.1, -0.05) is 29.3 Å². The third kappa shape index (κ3) is 4.48. The Balaban J connectivity index is 1.75. The van der Waals surface area contributed by atoms with Crippen molar-refractivity contribution in [3.8, 4) is 0 Å². The van der Waals surface area contributed by atoms with E-state index in [1.807, 2.05) is 10.7 Å². The maximum Gasteiger partial charge on any atom is 0.211 e. The number of sulfonamides is 1. The van der Waals surface area contributed by atoms with Gasteiger partial charge in [0.25, 0.3) is 0 Å². The summed E-state index contributed by atoms with van der Waals surface area (Å²) in [5.41, 5.74) is 4.95. The van der Waals surface area contributed by atoms with E-state index in [9.17, 15) is 8.42 Å². The highest BCUT2D eigenvalue weighted by atomic mass is 32.2. The van der Waals surface area contributed by atoms with Crippen LogP contribution in [0.2, 0.25) is 0 Å². The Morgan fingerprint density at radius 1 is 1.24 bits per heavy atom. The first-order valence-corrected chi connectivity index (χ1v) is 10.3. The summed E-state index contributed by atoms with van der Waals surface area (Å²) in [6, 6.07) is 8.62. The van der Waals surface area contributed by atoms with Crippen LogP contribution in [-0.4, -0.2) is 41.9 Å². The minimum absolute atomic E-state index is 0.00554. The molecule has 0 bridgehead atoms. The number of hydrogen-bond acceptors (Lipinski definition) is 4. The average molecular weight is 362 g/mol. The molecule has 3 rings (SSSR count). The fraction of sp³-hybridized carbons (Fsp3) is 0.500. The van der Waals surface area contributed by atoms with Gasteiger partial charge in [-0.2, -0.15) is 5.10 Å². The van der Waals surface area contributed by atoms with Gasteiger partial charge in [0.1, 0.15) is 0 Å². The largest absolute Gasteiger partial charge is 0.291 e. The summed E-state index contributed by atoms with van der Waals surface area (Å²) >= 11 is 0. The SMILES string of the molecule is CCS(=O)(=O)NCC1CN(Cc2cc(C)cc(C)c2)Cc2ccnn21. The molecule has 1 aliphatic rings. The van der Waals surface area contributed by atoms with E-state index in [1.165, 1.54) is 16.7 Å². The maximum absolute atomic E-state index is 11.8. The van der Waals surface area contributed by atoms with Crippen molar-refractivity contribution in [1.29, 1.82) is 0 Å². The average Bonchev–Trinajstić information content (AvgIpc) is 3.00. The molecule has 0 aliphatic carbocycles. The molecule has 6 nitrogen and oxygen atoms in total. The van der Waals surface area contributed by atoms with Gasteiger partial charge in [0.15, 0.2) is 0 Å². The summed E-state index contributed by atoms with van der Waals surface area (Å²) in [7, 11) is -3.20. The Kier molecular flexibility index (Phi) is 5.27. The van der Waals surface area contributed by atoms with Gasteiger partial charge in [-0.15, -0.1) is 0 Å². The van der Waals surface area contributed by atoms with E-state index in [2.05, 4.69) is 46.8 Å². The Hall–Kier alpha value is -1.70. The third-order valence-corrected chi connectivity index (χ3v) is 5.93. The second-order valence-electron chi connectivity index (χ2n) is 6.84.